The van der Waals surface area contributed by atoms with E-state index in [1.807, 2.05) is 31.3 Å². The maximum Gasteiger partial charge on any atom is 0.488 e. The monoisotopic (exact) mass is 256 g/mol. The minimum absolute atomic E-state index is 0.559. The summed E-state index contributed by atoms with van der Waals surface area (Å²) in [5.74, 6) is 0. The molecule has 98 valence electrons. The van der Waals surface area contributed by atoms with Crippen molar-refractivity contribution in [3.63, 3.8) is 0 Å². The molecule has 0 saturated carbocycles. The molecule has 0 saturated heterocycles. The Labute approximate surface area is 113 Å². The van der Waals surface area contributed by atoms with Crippen LogP contribution >= 0.6 is 0 Å². The van der Waals surface area contributed by atoms with E-state index >= 15 is 0 Å². The Kier molecular flexibility index (Phi) is 4.68. The third-order valence-electron chi connectivity index (χ3n) is 2.98. The van der Waals surface area contributed by atoms with Crippen molar-refractivity contribution in [3.05, 3.63) is 59.9 Å². The van der Waals surface area contributed by atoms with Crippen molar-refractivity contribution in [1.82, 2.24) is 9.88 Å². The van der Waals surface area contributed by atoms with Gasteiger partial charge in [0.1, 0.15) is 0 Å². The minimum atomic E-state index is -1.43. The first-order chi connectivity index (χ1) is 9.16. The molecule has 0 spiro atoms. The van der Waals surface area contributed by atoms with Gasteiger partial charge < -0.3 is 10.0 Å². The van der Waals surface area contributed by atoms with Crippen molar-refractivity contribution in [1.29, 1.82) is 0 Å². The van der Waals surface area contributed by atoms with Crippen LogP contribution in [-0.2, 0) is 13.1 Å². The molecule has 1 heterocycles. The van der Waals surface area contributed by atoms with Gasteiger partial charge in [-0.25, -0.2) is 0 Å². The van der Waals surface area contributed by atoms with Crippen LogP contribution in [0.3, 0.4) is 0 Å². The van der Waals surface area contributed by atoms with Crippen LogP contribution in [0.5, 0.6) is 0 Å². The Morgan fingerprint density at radius 2 is 1.74 bits per heavy atom. The second-order valence-electron chi connectivity index (χ2n) is 4.60. The zero-order chi connectivity index (χ0) is 13.7. The highest BCUT2D eigenvalue weighted by Crippen LogP contribution is 2.06. The smallest absolute Gasteiger partial charge is 0.423 e. The Bertz CT molecular complexity index is 520. The van der Waals surface area contributed by atoms with E-state index in [-0.39, 0.29) is 0 Å². The first kappa shape index (κ1) is 13.7. The van der Waals surface area contributed by atoms with Gasteiger partial charge in [0.25, 0.3) is 0 Å². The van der Waals surface area contributed by atoms with E-state index < -0.39 is 7.12 Å². The molecule has 4 nitrogen and oxygen atoms in total. The van der Waals surface area contributed by atoms with Gasteiger partial charge in [-0.2, -0.15) is 0 Å². The first-order valence-electron chi connectivity index (χ1n) is 6.18. The molecule has 19 heavy (non-hydrogen) atoms. The van der Waals surface area contributed by atoms with E-state index in [0.29, 0.717) is 12.0 Å². The summed E-state index contributed by atoms with van der Waals surface area (Å²) in [4.78, 5) is 6.11. The maximum atomic E-state index is 9.34. The van der Waals surface area contributed by atoms with E-state index in [1.165, 1.54) is 5.56 Å². The lowest BCUT2D eigenvalue weighted by Crippen LogP contribution is -2.34. The normalized spacial score (nSPS) is 10.7. The zero-order valence-corrected chi connectivity index (χ0v) is 10.9. The molecule has 0 aliphatic carbocycles. The number of nitrogens with zero attached hydrogens (tertiary/aromatic N) is 2. The van der Waals surface area contributed by atoms with Crippen molar-refractivity contribution in [2.45, 2.75) is 13.1 Å². The van der Waals surface area contributed by atoms with E-state index in [4.69, 9.17) is 0 Å². The van der Waals surface area contributed by atoms with Crippen LogP contribution in [0, 0.1) is 0 Å². The lowest BCUT2D eigenvalue weighted by molar-refractivity contribution is 0.319. The van der Waals surface area contributed by atoms with Gasteiger partial charge in [0.2, 0.25) is 0 Å². The number of hydrogen-bond donors (Lipinski definition) is 2. The predicted octanol–water partition coefficient (Wildman–Crippen LogP) is 0.393. The standard InChI is InChI=1S/C14H17BN2O2/c1-17(10-12-6-8-16-9-7-12)11-13-4-2-3-5-14(13)15(18)19/h2-9,18-19H,10-11H2,1H3. The van der Waals surface area contributed by atoms with Gasteiger partial charge in [-0.1, -0.05) is 24.3 Å². The Hall–Kier alpha value is -1.69. The Balaban J connectivity index is 2.05. The number of hydrogen-bond acceptors (Lipinski definition) is 4. The third-order valence-corrected chi connectivity index (χ3v) is 2.98. The lowest BCUT2D eigenvalue weighted by Gasteiger charge is -2.18. The van der Waals surface area contributed by atoms with E-state index in [1.54, 1.807) is 24.5 Å². The summed E-state index contributed by atoms with van der Waals surface area (Å²) in [6, 6.07) is 11.3. The number of benzene rings is 1. The van der Waals surface area contributed by atoms with Crippen molar-refractivity contribution >= 4 is 12.6 Å². The minimum Gasteiger partial charge on any atom is -0.423 e. The van der Waals surface area contributed by atoms with Crippen LogP contribution in [0.2, 0.25) is 0 Å². The fourth-order valence-corrected chi connectivity index (χ4v) is 2.08. The van der Waals surface area contributed by atoms with Crippen LogP contribution in [0.1, 0.15) is 11.1 Å². The molecule has 0 unspecified atom stereocenters. The number of pyridine rings is 1. The van der Waals surface area contributed by atoms with Gasteiger partial charge >= 0.3 is 7.12 Å². The topological polar surface area (TPSA) is 56.6 Å². The summed E-state index contributed by atoms with van der Waals surface area (Å²) in [6.45, 7) is 1.45. The summed E-state index contributed by atoms with van der Waals surface area (Å²) in [5.41, 5.74) is 2.66. The second kappa shape index (κ2) is 6.47. The summed E-state index contributed by atoms with van der Waals surface area (Å²) in [6.07, 6.45) is 3.54. The third kappa shape index (κ3) is 3.89. The summed E-state index contributed by atoms with van der Waals surface area (Å²) < 4.78 is 0. The highest BCUT2D eigenvalue weighted by atomic mass is 16.4. The van der Waals surface area contributed by atoms with Crippen LogP contribution in [0.15, 0.2) is 48.8 Å². The zero-order valence-electron chi connectivity index (χ0n) is 10.9. The van der Waals surface area contributed by atoms with Gasteiger partial charge in [0.15, 0.2) is 0 Å². The van der Waals surface area contributed by atoms with E-state index in [2.05, 4.69) is 9.88 Å². The van der Waals surface area contributed by atoms with Crippen LogP contribution in [-0.4, -0.2) is 34.1 Å². The molecule has 2 aromatic rings. The molecule has 1 aromatic heterocycles. The van der Waals surface area contributed by atoms with E-state index in [9.17, 15) is 10.0 Å². The molecule has 0 aliphatic heterocycles. The average molecular weight is 256 g/mol. The molecular weight excluding hydrogens is 239 g/mol. The highest BCUT2D eigenvalue weighted by molar-refractivity contribution is 6.59. The molecule has 0 atom stereocenters. The summed E-state index contributed by atoms with van der Waals surface area (Å²) in [5, 5.41) is 18.7. The van der Waals surface area contributed by atoms with Gasteiger partial charge in [-0.05, 0) is 35.8 Å². The highest BCUT2D eigenvalue weighted by Gasteiger charge is 2.15. The quantitative estimate of drug-likeness (QED) is 0.760. The second-order valence-corrected chi connectivity index (χ2v) is 4.60. The largest absolute Gasteiger partial charge is 0.488 e. The molecule has 0 fully saturated rings. The molecule has 2 rings (SSSR count). The molecule has 0 aliphatic rings. The summed E-state index contributed by atoms with van der Waals surface area (Å²) in [7, 11) is 0.576. The van der Waals surface area contributed by atoms with Crippen LogP contribution in [0.25, 0.3) is 0 Å². The number of rotatable bonds is 5. The SMILES string of the molecule is CN(Cc1ccncc1)Cc1ccccc1B(O)O. The first-order valence-corrected chi connectivity index (χ1v) is 6.18. The van der Waals surface area contributed by atoms with E-state index in [0.717, 1.165) is 12.1 Å². The van der Waals surface area contributed by atoms with Crippen LogP contribution in [0.4, 0.5) is 0 Å². The van der Waals surface area contributed by atoms with Crippen molar-refractivity contribution in [3.8, 4) is 0 Å². The van der Waals surface area contributed by atoms with Gasteiger partial charge in [0, 0.05) is 25.5 Å². The molecule has 2 N–H and O–H groups in total. The molecule has 5 heteroatoms. The average Bonchev–Trinajstić information content (AvgIpc) is 2.40. The van der Waals surface area contributed by atoms with Gasteiger partial charge in [-0.3, -0.25) is 9.88 Å². The van der Waals surface area contributed by atoms with Crippen molar-refractivity contribution in [2.75, 3.05) is 7.05 Å². The maximum absolute atomic E-state index is 9.34. The lowest BCUT2D eigenvalue weighted by atomic mass is 9.77. The number of aromatic nitrogens is 1. The fourth-order valence-electron chi connectivity index (χ4n) is 2.08. The molecule has 0 amide bonds. The van der Waals surface area contributed by atoms with Crippen molar-refractivity contribution in [2.24, 2.45) is 0 Å². The molecular formula is C14H17BN2O2. The Morgan fingerprint density at radius 3 is 2.42 bits per heavy atom. The van der Waals surface area contributed by atoms with Crippen LogP contribution < -0.4 is 5.46 Å². The fraction of sp³-hybridized carbons (Fsp3) is 0.214. The molecule has 0 radical (unpaired) electrons. The van der Waals surface area contributed by atoms with Crippen molar-refractivity contribution < 1.29 is 10.0 Å². The molecule has 1 aromatic carbocycles. The Morgan fingerprint density at radius 1 is 1.05 bits per heavy atom. The van der Waals surface area contributed by atoms with Gasteiger partial charge in [-0.15, -0.1) is 0 Å². The summed E-state index contributed by atoms with van der Waals surface area (Å²) >= 11 is 0. The predicted molar refractivity (Wildman–Crippen MR) is 75.7 cm³/mol. The van der Waals surface area contributed by atoms with Gasteiger partial charge in [0.05, 0.1) is 0 Å². The molecule has 0 bridgehead atoms.